The van der Waals surface area contributed by atoms with E-state index in [0.29, 0.717) is 12.0 Å². The van der Waals surface area contributed by atoms with Crippen LogP contribution in [0.2, 0.25) is 5.02 Å². The number of nitrogens with zero attached hydrogens (tertiary/aromatic N) is 2. The van der Waals surface area contributed by atoms with E-state index in [9.17, 15) is 0 Å². The Bertz CT molecular complexity index is 582. The molecule has 1 fully saturated rings. The number of hydrogen-bond donors (Lipinski definition) is 1. The average molecular weight is 278 g/mol. The molecule has 0 spiro atoms. The molecule has 1 atom stereocenters. The Hall–Kier alpha value is -1.06. The van der Waals surface area contributed by atoms with Crippen molar-refractivity contribution in [3.8, 4) is 0 Å². The van der Waals surface area contributed by atoms with Gasteiger partial charge in [-0.1, -0.05) is 31.0 Å². The molecule has 0 radical (unpaired) electrons. The molecule has 0 amide bonds. The first-order chi connectivity index (χ1) is 9.24. The summed E-state index contributed by atoms with van der Waals surface area (Å²) in [4.78, 5) is 4.79. The van der Waals surface area contributed by atoms with Crippen LogP contribution in [0.4, 0.5) is 0 Å². The molecule has 2 N–H and O–H groups in total. The van der Waals surface area contributed by atoms with E-state index in [1.54, 1.807) is 0 Å². The molecule has 1 aromatic carbocycles. The fraction of sp³-hybridized carbons (Fsp3) is 0.533. The van der Waals surface area contributed by atoms with Crippen molar-refractivity contribution < 1.29 is 0 Å². The number of halogens is 1. The zero-order chi connectivity index (χ0) is 13.4. The molecule has 1 saturated carbocycles. The van der Waals surface area contributed by atoms with Crippen molar-refractivity contribution in [2.75, 3.05) is 6.54 Å². The maximum Gasteiger partial charge on any atom is 0.110 e. The Morgan fingerprint density at radius 2 is 2.26 bits per heavy atom. The molecule has 19 heavy (non-hydrogen) atoms. The van der Waals surface area contributed by atoms with Crippen molar-refractivity contribution in [1.82, 2.24) is 9.55 Å². The molecule has 1 aromatic heterocycles. The van der Waals surface area contributed by atoms with Gasteiger partial charge < -0.3 is 10.3 Å². The maximum atomic E-state index is 6.37. The molecule has 1 aliphatic rings. The number of imidazole rings is 1. The van der Waals surface area contributed by atoms with Gasteiger partial charge in [0, 0.05) is 12.5 Å². The lowest BCUT2D eigenvalue weighted by molar-refractivity contribution is 0.492. The third-order valence-corrected chi connectivity index (χ3v) is 4.33. The van der Waals surface area contributed by atoms with Gasteiger partial charge >= 0.3 is 0 Å². The molecule has 0 saturated heterocycles. The van der Waals surface area contributed by atoms with Crippen LogP contribution in [0.25, 0.3) is 11.0 Å². The smallest absolute Gasteiger partial charge is 0.110 e. The van der Waals surface area contributed by atoms with Crippen LogP contribution < -0.4 is 5.73 Å². The fourth-order valence-electron chi connectivity index (χ4n) is 2.68. The van der Waals surface area contributed by atoms with Gasteiger partial charge in [0.25, 0.3) is 0 Å². The Kier molecular flexibility index (Phi) is 3.50. The molecule has 1 aliphatic carbocycles. The number of aromatic nitrogens is 2. The van der Waals surface area contributed by atoms with Gasteiger partial charge in [0.2, 0.25) is 0 Å². The van der Waals surface area contributed by atoms with Crippen LogP contribution in [0, 0.1) is 5.92 Å². The number of hydrogen-bond acceptors (Lipinski definition) is 2. The predicted octanol–water partition coefficient (Wildman–Crippen LogP) is 3.55. The van der Waals surface area contributed by atoms with E-state index in [1.807, 2.05) is 18.2 Å². The van der Waals surface area contributed by atoms with Crippen LogP contribution in [0.5, 0.6) is 0 Å². The highest BCUT2D eigenvalue weighted by molar-refractivity contribution is 6.35. The van der Waals surface area contributed by atoms with Gasteiger partial charge in [-0.25, -0.2) is 4.98 Å². The first-order valence-electron chi connectivity index (χ1n) is 7.10. The molecule has 3 nitrogen and oxygen atoms in total. The zero-order valence-corrected chi connectivity index (χ0v) is 12.0. The number of para-hydroxylation sites is 1. The van der Waals surface area contributed by atoms with E-state index in [4.69, 9.17) is 22.3 Å². The highest BCUT2D eigenvalue weighted by atomic mass is 35.5. The molecule has 102 valence electrons. The average Bonchev–Trinajstić information content (AvgIpc) is 3.18. The van der Waals surface area contributed by atoms with Crippen LogP contribution >= 0.6 is 11.6 Å². The van der Waals surface area contributed by atoms with E-state index >= 15 is 0 Å². The number of nitrogens with two attached hydrogens (primary N) is 1. The lowest BCUT2D eigenvalue weighted by Gasteiger charge is -2.13. The SMILES string of the molecule is CCC(CN)Cc1nc2cccc(Cl)c2n1C1CC1. The summed E-state index contributed by atoms with van der Waals surface area (Å²) >= 11 is 6.37. The van der Waals surface area contributed by atoms with Gasteiger partial charge in [-0.3, -0.25) is 0 Å². The lowest BCUT2D eigenvalue weighted by Crippen LogP contribution is -2.18. The number of benzene rings is 1. The maximum absolute atomic E-state index is 6.37. The van der Waals surface area contributed by atoms with E-state index in [0.717, 1.165) is 41.3 Å². The molecule has 1 heterocycles. The highest BCUT2D eigenvalue weighted by Gasteiger charge is 2.29. The number of fused-ring (bicyclic) bond motifs is 1. The molecular formula is C15H20ClN3. The summed E-state index contributed by atoms with van der Waals surface area (Å²) in [6.07, 6.45) is 4.53. The summed E-state index contributed by atoms with van der Waals surface area (Å²) in [7, 11) is 0. The van der Waals surface area contributed by atoms with Gasteiger partial charge in [0.1, 0.15) is 5.82 Å². The largest absolute Gasteiger partial charge is 0.330 e. The van der Waals surface area contributed by atoms with Crippen molar-refractivity contribution in [1.29, 1.82) is 0 Å². The summed E-state index contributed by atoms with van der Waals surface area (Å²) in [5, 5.41) is 0.809. The van der Waals surface area contributed by atoms with E-state index in [1.165, 1.54) is 12.8 Å². The molecular weight excluding hydrogens is 258 g/mol. The second-order valence-corrected chi connectivity index (χ2v) is 5.86. The first-order valence-corrected chi connectivity index (χ1v) is 7.47. The lowest BCUT2D eigenvalue weighted by atomic mass is 10.0. The third-order valence-electron chi connectivity index (χ3n) is 4.03. The van der Waals surface area contributed by atoms with Crippen LogP contribution in [0.3, 0.4) is 0 Å². The van der Waals surface area contributed by atoms with Crippen molar-refractivity contribution in [2.45, 2.75) is 38.6 Å². The molecule has 0 aliphatic heterocycles. The minimum Gasteiger partial charge on any atom is -0.330 e. The normalized spacial score (nSPS) is 17.0. The Morgan fingerprint density at radius 3 is 2.89 bits per heavy atom. The van der Waals surface area contributed by atoms with Crippen LogP contribution in [0.1, 0.15) is 38.1 Å². The van der Waals surface area contributed by atoms with Crippen LogP contribution in [0.15, 0.2) is 18.2 Å². The highest BCUT2D eigenvalue weighted by Crippen LogP contribution is 2.40. The molecule has 0 bridgehead atoms. The van der Waals surface area contributed by atoms with Crippen molar-refractivity contribution in [3.63, 3.8) is 0 Å². The first kappa shape index (κ1) is 12.9. The minimum absolute atomic E-state index is 0.507. The predicted molar refractivity (Wildman–Crippen MR) is 79.6 cm³/mol. The van der Waals surface area contributed by atoms with Gasteiger partial charge in [0.15, 0.2) is 0 Å². The standard InChI is InChI=1S/C15H20ClN3/c1-2-10(9-17)8-14-18-13-5-3-4-12(16)15(13)19(14)11-6-7-11/h3-5,10-11H,2,6-9,17H2,1H3. The Morgan fingerprint density at radius 1 is 1.47 bits per heavy atom. The van der Waals surface area contributed by atoms with E-state index in [2.05, 4.69) is 11.5 Å². The second kappa shape index (κ2) is 5.14. The van der Waals surface area contributed by atoms with Gasteiger partial charge in [-0.15, -0.1) is 0 Å². The number of rotatable bonds is 5. The topological polar surface area (TPSA) is 43.8 Å². The second-order valence-electron chi connectivity index (χ2n) is 5.45. The Labute approximate surface area is 118 Å². The molecule has 1 unspecified atom stereocenters. The van der Waals surface area contributed by atoms with E-state index in [-0.39, 0.29) is 0 Å². The van der Waals surface area contributed by atoms with E-state index < -0.39 is 0 Å². The van der Waals surface area contributed by atoms with Crippen LogP contribution in [-0.2, 0) is 6.42 Å². The van der Waals surface area contributed by atoms with Crippen LogP contribution in [-0.4, -0.2) is 16.1 Å². The monoisotopic (exact) mass is 277 g/mol. The van der Waals surface area contributed by atoms with Crippen molar-refractivity contribution >= 4 is 22.6 Å². The van der Waals surface area contributed by atoms with Gasteiger partial charge in [0.05, 0.1) is 16.1 Å². The van der Waals surface area contributed by atoms with Gasteiger partial charge in [-0.2, -0.15) is 0 Å². The molecule has 2 aromatic rings. The zero-order valence-electron chi connectivity index (χ0n) is 11.3. The van der Waals surface area contributed by atoms with Crippen molar-refractivity contribution in [2.24, 2.45) is 11.7 Å². The summed E-state index contributed by atoms with van der Waals surface area (Å²) < 4.78 is 2.36. The summed E-state index contributed by atoms with van der Waals surface area (Å²) in [5.41, 5.74) is 7.95. The van der Waals surface area contributed by atoms with Gasteiger partial charge in [-0.05, 0) is 37.4 Å². The summed E-state index contributed by atoms with van der Waals surface area (Å²) in [6.45, 7) is 2.91. The van der Waals surface area contributed by atoms with Crippen molar-refractivity contribution in [3.05, 3.63) is 29.0 Å². The Balaban J connectivity index is 2.08. The fourth-order valence-corrected chi connectivity index (χ4v) is 2.94. The summed E-state index contributed by atoms with van der Waals surface area (Å²) in [6, 6.07) is 6.57. The third kappa shape index (κ3) is 2.37. The minimum atomic E-state index is 0.507. The molecule has 4 heteroatoms. The quantitative estimate of drug-likeness (QED) is 0.908. The molecule has 3 rings (SSSR count). The summed E-state index contributed by atoms with van der Waals surface area (Å²) in [5.74, 6) is 1.66.